The number of oxazole rings is 1. The predicted molar refractivity (Wildman–Crippen MR) is 68.8 cm³/mol. The zero-order valence-corrected chi connectivity index (χ0v) is 10.9. The van der Waals surface area contributed by atoms with Crippen LogP contribution in [0.25, 0.3) is 11.3 Å². The molecular weight excluding hydrogens is 270 g/mol. The number of aromatic nitrogens is 1. The molecule has 0 fully saturated rings. The van der Waals surface area contributed by atoms with Crippen molar-refractivity contribution in [1.82, 2.24) is 4.98 Å². The molecule has 1 heterocycles. The highest BCUT2D eigenvalue weighted by Crippen LogP contribution is 2.23. The molecule has 0 bridgehead atoms. The molecule has 19 heavy (non-hydrogen) atoms. The van der Waals surface area contributed by atoms with Gasteiger partial charge in [-0.1, -0.05) is 23.7 Å². The van der Waals surface area contributed by atoms with Crippen molar-refractivity contribution in [2.45, 2.75) is 19.6 Å². The Hall–Kier alpha value is -1.85. The predicted octanol–water partition coefficient (Wildman–Crippen LogP) is 2.98. The third kappa shape index (κ3) is 3.56. The van der Waals surface area contributed by atoms with Crippen LogP contribution >= 0.6 is 11.6 Å². The summed E-state index contributed by atoms with van der Waals surface area (Å²) in [7, 11) is 0. The lowest BCUT2D eigenvalue weighted by Gasteiger charge is -2.05. The first kappa shape index (κ1) is 13.6. The monoisotopic (exact) mass is 281 g/mol. The van der Waals surface area contributed by atoms with Gasteiger partial charge in [-0.15, -0.1) is 0 Å². The van der Waals surface area contributed by atoms with Crippen LogP contribution in [0.2, 0.25) is 5.02 Å². The summed E-state index contributed by atoms with van der Waals surface area (Å²) >= 11 is 5.89. The maximum Gasteiger partial charge on any atom is 0.332 e. The quantitative estimate of drug-likeness (QED) is 0.912. The van der Waals surface area contributed by atoms with Crippen molar-refractivity contribution >= 4 is 17.6 Å². The van der Waals surface area contributed by atoms with E-state index in [1.807, 2.05) is 12.1 Å². The lowest BCUT2D eigenvalue weighted by atomic mass is 10.2. The van der Waals surface area contributed by atoms with Crippen molar-refractivity contribution in [3.05, 3.63) is 41.4 Å². The van der Waals surface area contributed by atoms with Crippen LogP contribution in [-0.4, -0.2) is 22.2 Å². The third-order valence-corrected chi connectivity index (χ3v) is 2.70. The number of aliphatic carboxylic acids is 1. The molecule has 0 spiro atoms. The fourth-order valence-electron chi connectivity index (χ4n) is 1.42. The molecule has 0 saturated carbocycles. The smallest absolute Gasteiger partial charge is 0.332 e. The van der Waals surface area contributed by atoms with E-state index >= 15 is 0 Å². The van der Waals surface area contributed by atoms with Gasteiger partial charge in [0.15, 0.2) is 11.9 Å². The first-order chi connectivity index (χ1) is 9.06. The highest BCUT2D eigenvalue weighted by Gasteiger charge is 2.13. The van der Waals surface area contributed by atoms with Crippen LogP contribution in [0.1, 0.15) is 12.8 Å². The van der Waals surface area contributed by atoms with E-state index < -0.39 is 12.1 Å². The van der Waals surface area contributed by atoms with Crippen LogP contribution in [0.5, 0.6) is 0 Å². The second kappa shape index (κ2) is 5.86. The summed E-state index contributed by atoms with van der Waals surface area (Å²) in [4.78, 5) is 14.6. The van der Waals surface area contributed by atoms with E-state index in [1.54, 1.807) is 18.3 Å². The fraction of sp³-hybridized carbons (Fsp3) is 0.231. The van der Waals surface area contributed by atoms with Gasteiger partial charge in [0, 0.05) is 10.6 Å². The Kier molecular flexibility index (Phi) is 4.19. The first-order valence-electron chi connectivity index (χ1n) is 5.61. The Morgan fingerprint density at radius 1 is 1.58 bits per heavy atom. The molecule has 6 heteroatoms. The molecule has 0 unspecified atom stereocenters. The molecule has 1 N–H and O–H groups in total. The molecule has 2 aromatic rings. The van der Waals surface area contributed by atoms with Gasteiger partial charge >= 0.3 is 5.97 Å². The first-order valence-corrected chi connectivity index (χ1v) is 5.99. The van der Waals surface area contributed by atoms with Crippen LogP contribution in [0.3, 0.4) is 0 Å². The molecule has 1 atom stereocenters. The minimum Gasteiger partial charge on any atom is -0.479 e. The lowest BCUT2D eigenvalue weighted by molar-refractivity contribution is -0.150. The number of hydrogen-bond donors (Lipinski definition) is 1. The maximum absolute atomic E-state index is 10.6. The molecule has 100 valence electrons. The third-order valence-electron chi connectivity index (χ3n) is 2.47. The minimum atomic E-state index is -1.03. The molecular formula is C13H12ClNO4. The normalized spacial score (nSPS) is 12.3. The molecule has 0 aliphatic rings. The van der Waals surface area contributed by atoms with Crippen molar-refractivity contribution in [2.75, 3.05) is 0 Å². The summed E-state index contributed by atoms with van der Waals surface area (Å²) in [6.07, 6.45) is 0.650. The van der Waals surface area contributed by atoms with Crippen LogP contribution < -0.4 is 0 Å². The van der Waals surface area contributed by atoms with Crippen LogP contribution in [0, 0.1) is 0 Å². The summed E-state index contributed by atoms with van der Waals surface area (Å²) in [6, 6.07) is 7.17. The Balaban J connectivity index is 2.05. The number of nitrogens with zero attached hydrogens (tertiary/aromatic N) is 1. The average molecular weight is 282 g/mol. The number of ether oxygens (including phenoxy) is 1. The van der Waals surface area contributed by atoms with E-state index in [9.17, 15) is 4.79 Å². The zero-order valence-electron chi connectivity index (χ0n) is 10.2. The summed E-state index contributed by atoms with van der Waals surface area (Å²) in [6.45, 7) is 1.46. The second-order valence-electron chi connectivity index (χ2n) is 3.92. The Morgan fingerprint density at radius 3 is 3.05 bits per heavy atom. The van der Waals surface area contributed by atoms with Crippen molar-refractivity contribution in [3.8, 4) is 11.3 Å². The number of hydrogen-bond acceptors (Lipinski definition) is 4. The van der Waals surface area contributed by atoms with Crippen molar-refractivity contribution in [3.63, 3.8) is 0 Å². The minimum absolute atomic E-state index is 0.00797. The molecule has 2 rings (SSSR count). The molecule has 1 aromatic carbocycles. The number of rotatable bonds is 5. The van der Waals surface area contributed by atoms with Crippen LogP contribution in [0.4, 0.5) is 0 Å². The topological polar surface area (TPSA) is 72.6 Å². The Morgan fingerprint density at radius 2 is 2.37 bits per heavy atom. The molecule has 0 radical (unpaired) electrons. The molecule has 1 aromatic heterocycles. The Labute approximate surface area is 114 Å². The van der Waals surface area contributed by atoms with Crippen molar-refractivity contribution in [1.29, 1.82) is 0 Å². The SMILES string of the molecule is C[C@@H](OCc1ncc(-c2cccc(Cl)c2)o1)C(=O)O. The molecule has 0 saturated heterocycles. The van der Waals surface area contributed by atoms with E-state index in [-0.39, 0.29) is 6.61 Å². The fourth-order valence-corrected chi connectivity index (χ4v) is 1.61. The second-order valence-corrected chi connectivity index (χ2v) is 4.36. The summed E-state index contributed by atoms with van der Waals surface area (Å²) < 4.78 is 10.5. The standard InChI is InChI=1S/C13H12ClNO4/c1-8(13(16)17)18-7-12-15-6-11(19-12)9-3-2-4-10(14)5-9/h2-6,8H,7H2,1H3,(H,16,17)/t8-/m1/s1. The van der Waals surface area contributed by atoms with Gasteiger partial charge in [-0.2, -0.15) is 0 Å². The van der Waals surface area contributed by atoms with E-state index in [0.29, 0.717) is 16.7 Å². The molecule has 0 amide bonds. The number of carboxylic acid groups (broad SMARTS) is 1. The van der Waals surface area contributed by atoms with E-state index in [0.717, 1.165) is 5.56 Å². The van der Waals surface area contributed by atoms with Gasteiger partial charge < -0.3 is 14.3 Å². The average Bonchev–Trinajstić information content (AvgIpc) is 2.84. The van der Waals surface area contributed by atoms with Gasteiger partial charge in [0.2, 0.25) is 5.89 Å². The number of benzene rings is 1. The highest BCUT2D eigenvalue weighted by molar-refractivity contribution is 6.30. The Bertz CT molecular complexity index is 582. The lowest BCUT2D eigenvalue weighted by Crippen LogP contribution is -2.19. The van der Waals surface area contributed by atoms with Crippen molar-refractivity contribution < 1.29 is 19.1 Å². The van der Waals surface area contributed by atoms with E-state index in [2.05, 4.69) is 4.98 Å². The van der Waals surface area contributed by atoms with Gasteiger partial charge in [0.1, 0.15) is 6.61 Å². The molecule has 0 aliphatic heterocycles. The van der Waals surface area contributed by atoms with Gasteiger partial charge in [0.05, 0.1) is 6.20 Å². The van der Waals surface area contributed by atoms with Crippen LogP contribution in [0.15, 0.2) is 34.9 Å². The summed E-state index contributed by atoms with van der Waals surface area (Å²) in [5.74, 6) is -0.145. The highest BCUT2D eigenvalue weighted by atomic mass is 35.5. The number of carbonyl (C=O) groups is 1. The number of halogens is 1. The van der Waals surface area contributed by atoms with Crippen LogP contribution in [-0.2, 0) is 16.1 Å². The van der Waals surface area contributed by atoms with Crippen molar-refractivity contribution in [2.24, 2.45) is 0 Å². The van der Waals surface area contributed by atoms with Gasteiger partial charge in [-0.25, -0.2) is 9.78 Å². The zero-order chi connectivity index (χ0) is 13.8. The summed E-state index contributed by atoms with van der Waals surface area (Å²) in [5.41, 5.74) is 0.803. The molecule has 5 nitrogen and oxygen atoms in total. The van der Waals surface area contributed by atoms with Gasteiger partial charge in [-0.3, -0.25) is 0 Å². The van der Waals surface area contributed by atoms with E-state index in [4.69, 9.17) is 25.9 Å². The van der Waals surface area contributed by atoms with Gasteiger partial charge in [0.25, 0.3) is 0 Å². The van der Waals surface area contributed by atoms with E-state index in [1.165, 1.54) is 6.92 Å². The van der Waals surface area contributed by atoms with Gasteiger partial charge in [-0.05, 0) is 19.1 Å². The maximum atomic E-state index is 10.6. The summed E-state index contributed by atoms with van der Waals surface area (Å²) in [5, 5.41) is 9.29. The number of carboxylic acids is 1. The molecule has 0 aliphatic carbocycles. The largest absolute Gasteiger partial charge is 0.479 e.